The van der Waals surface area contributed by atoms with Gasteiger partial charge in [0.15, 0.2) is 0 Å². The van der Waals surface area contributed by atoms with Gasteiger partial charge in [0.2, 0.25) is 11.8 Å². The first-order chi connectivity index (χ1) is 10.0. The van der Waals surface area contributed by atoms with Crippen LogP contribution in [0.4, 0.5) is 5.69 Å². The molecule has 3 rings (SSSR count). The van der Waals surface area contributed by atoms with Crippen LogP contribution in [0.3, 0.4) is 0 Å². The van der Waals surface area contributed by atoms with Gasteiger partial charge in [-0.2, -0.15) is 0 Å². The summed E-state index contributed by atoms with van der Waals surface area (Å²) in [5, 5.41) is 9.38. The molecule has 2 atom stereocenters. The Morgan fingerprint density at radius 1 is 1.14 bits per heavy atom. The predicted octanol–water partition coefficient (Wildman–Crippen LogP) is 2.15. The van der Waals surface area contributed by atoms with Crippen molar-refractivity contribution in [2.24, 2.45) is 11.8 Å². The van der Waals surface area contributed by atoms with Crippen molar-refractivity contribution >= 4 is 23.5 Å². The molecule has 1 aliphatic carbocycles. The number of amides is 2. The molecule has 0 bridgehead atoms. The summed E-state index contributed by atoms with van der Waals surface area (Å²) in [6.07, 6.45) is 4.90. The Morgan fingerprint density at radius 3 is 2.24 bits per heavy atom. The minimum atomic E-state index is -1.13. The summed E-state index contributed by atoms with van der Waals surface area (Å²) in [6, 6.07) is 4.85. The fourth-order valence-corrected chi connectivity index (χ4v) is 3.15. The molecule has 5 heteroatoms. The van der Waals surface area contributed by atoms with E-state index in [4.69, 9.17) is 0 Å². The van der Waals surface area contributed by atoms with E-state index >= 15 is 0 Å². The van der Waals surface area contributed by atoms with Crippen molar-refractivity contribution in [3.63, 3.8) is 0 Å². The van der Waals surface area contributed by atoms with E-state index in [9.17, 15) is 19.5 Å². The molecule has 5 nitrogen and oxygen atoms in total. The maximum absolute atomic E-state index is 12.5. The fourth-order valence-electron chi connectivity index (χ4n) is 3.15. The molecule has 1 fully saturated rings. The number of fused-ring (bicyclic) bond motifs is 1. The molecular formula is C16H15NO4. The van der Waals surface area contributed by atoms with E-state index in [2.05, 4.69) is 0 Å². The van der Waals surface area contributed by atoms with E-state index in [1.165, 1.54) is 6.07 Å². The average Bonchev–Trinajstić information content (AvgIpc) is 2.71. The molecule has 108 valence electrons. The summed E-state index contributed by atoms with van der Waals surface area (Å²) in [6.45, 7) is 1.66. The highest BCUT2D eigenvalue weighted by molar-refractivity contribution is 6.24. The lowest BCUT2D eigenvalue weighted by atomic mass is 9.85. The highest BCUT2D eigenvalue weighted by atomic mass is 16.4. The second kappa shape index (κ2) is 4.84. The topological polar surface area (TPSA) is 74.7 Å². The zero-order valence-corrected chi connectivity index (χ0v) is 11.6. The predicted molar refractivity (Wildman–Crippen MR) is 76.0 cm³/mol. The van der Waals surface area contributed by atoms with Crippen molar-refractivity contribution in [1.82, 2.24) is 0 Å². The Hall–Kier alpha value is -2.43. The Bertz CT molecular complexity index is 651. The van der Waals surface area contributed by atoms with Gasteiger partial charge in [-0.3, -0.25) is 9.59 Å². The summed E-state index contributed by atoms with van der Waals surface area (Å²) in [4.78, 5) is 37.6. The summed E-state index contributed by atoms with van der Waals surface area (Å²) in [5.74, 6) is -2.42. The number of hydrogen-bond acceptors (Lipinski definition) is 3. The van der Waals surface area contributed by atoms with Crippen LogP contribution in [0.2, 0.25) is 0 Å². The number of carbonyl (C=O) groups excluding carboxylic acids is 2. The number of benzene rings is 1. The molecule has 0 spiro atoms. The number of anilines is 1. The first-order valence-electron chi connectivity index (χ1n) is 6.88. The van der Waals surface area contributed by atoms with Gasteiger partial charge in [-0.15, -0.1) is 0 Å². The van der Waals surface area contributed by atoms with Crippen LogP contribution in [0.1, 0.15) is 28.8 Å². The lowest BCUT2D eigenvalue weighted by Gasteiger charge is -2.18. The van der Waals surface area contributed by atoms with Crippen molar-refractivity contribution in [1.29, 1.82) is 0 Å². The number of carboxylic acid groups (broad SMARTS) is 1. The molecule has 2 unspecified atom stereocenters. The summed E-state index contributed by atoms with van der Waals surface area (Å²) < 4.78 is 0. The number of aromatic carboxylic acids is 1. The number of hydrogen-bond donors (Lipinski definition) is 1. The van der Waals surface area contributed by atoms with Gasteiger partial charge in [-0.25, -0.2) is 9.69 Å². The van der Waals surface area contributed by atoms with Crippen molar-refractivity contribution in [2.75, 3.05) is 4.90 Å². The molecule has 1 aromatic rings. The second-order valence-corrected chi connectivity index (χ2v) is 5.44. The molecule has 2 aliphatic rings. The number of allylic oxidation sites excluding steroid dienone is 2. The van der Waals surface area contributed by atoms with Crippen LogP contribution >= 0.6 is 0 Å². The third-order valence-electron chi connectivity index (χ3n) is 4.21. The number of nitrogens with zero attached hydrogens (tertiary/aromatic N) is 1. The number of aryl methyl sites for hydroxylation is 1. The minimum absolute atomic E-state index is 0.0193. The zero-order valence-electron chi connectivity index (χ0n) is 11.6. The van der Waals surface area contributed by atoms with E-state index in [0.29, 0.717) is 18.4 Å². The monoisotopic (exact) mass is 285 g/mol. The maximum atomic E-state index is 12.5. The van der Waals surface area contributed by atoms with Gasteiger partial charge in [-0.05, 0) is 31.4 Å². The molecule has 1 saturated heterocycles. The highest BCUT2D eigenvalue weighted by Crippen LogP contribution is 2.39. The molecule has 1 heterocycles. The van der Waals surface area contributed by atoms with E-state index in [0.717, 1.165) is 4.90 Å². The Labute approximate surface area is 121 Å². The molecular weight excluding hydrogens is 270 g/mol. The van der Waals surface area contributed by atoms with Gasteiger partial charge >= 0.3 is 5.97 Å². The van der Waals surface area contributed by atoms with E-state index < -0.39 is 5.97 Å². The Balaban J connectivity index is 2.10. The van der Waals surface area contributed by atoms with E-state index in [1.807, 2.05) is 12.2 Å². The van der Waals surface area contributed by atoms with Crippen LogP contribution in [-0.4, -0.2) is 22.9 Å². The number of carboxylic acids is 1. The van der Waals surface area contributed by atoms with Crippen LogP contribution < -0.4 is 4.90 Å². The zero-order chi connectivity index (χ0) is 15.1. The first-order valence-corrected chi connectivity index (χ1v) is 6.88. The molecule has 1 aromatic carbocycles. The van der Waals surface area contributed by atoms with Gasteiger partial charge in [0.25, 0.3) is 0 Å². The van der Waals surface area contributed by atoms with Crippen molar-refractivity contribution in [3.8, 4) is 0 Å². The molecule has 0 radical (unpaired) electrons. The normalized spacial score (nSPS) is 24.3. The van der Waals surface area contributed by atoms with Crippen molar-refractivity contribution in [2.45, 2.75) is 19.8 Å². The van der Waals surface area contributed by atoms with Gasteiger partial charge in [-0.1, -0.05) is 24.3 Å². The molecule has 1 N–H and O–H groups in total. The van der Waals surface area contributed by atoms with Gasteiger partial charge in [0.05, 0.1) is 23.1 Å². The second-order valence-electron chi connectivity index (χ2n) is 5.44. The lowest BCUT2D eigenvalue weighted by molar-refractivity contribution is -0.122. The van der Waals surface area contributed by atoms with Crippen LogP contribution in [-0.2, 0) is 9.59 Å². The number of imide groups is 1. The van der Waals surface area contributed by atoms with Crippen LogP contribution in [0, 0.1) is 18.8 Å². The molecule has 2 amide bonds. The molecule has 0 saturated carbocycles. The SMILES string of the molecule is Cc1cccc(N2C(=O)C3CC=CCC3C2=O)c1C(=O)O. The van der Waals surface area contributed by atoms with Crippen molar-refractivity contribution < 1.29 is 19.5 Å². The van der Waals surface area contributed by atoms with Gasteiger partial charge < -0.3 is 5.11 Å². The summed E-state index contributed by atoms with van der Waals surface area (Å²) in [7, 11) is 0. The molecule has 1 aliphatic heterocycles. The summed E-state index contributed by atoms with van der Waals surface area (Å²) in [5.41, 5.74) is 0.742. The highest BCUT2D eigenvalue weighted by Gasteiger charge is 2.48. The van der Waals surface area contributed by atoms with E-state index in [-0.39, 0.29) is 34.9 Å². The Morgan fingerprint density at radius 2 is 1.71 bits per heavy atom. The standard InChI is InChI=1S/C16H15NO4/c1-9-5-4-8-12(13(9)16(20)21)17-14(18)10-6-2-3-7-11(10)15(17)19/h2-5,8,10-11H,6-7H2,1H3,(H,20,21). The molecule has 21 heavy (non-hydrogen) atoms. The average molecular weight is 285 g/mol. The van der Waals surface area contributed by atoms with Crippen LogP contribution in [0.15, 0.2) is 30.4 Å². The van der Waals surface area contributed by atoms with E-state index in [1.54, 1.807) is 19.1 Å². The van der Waals surface area contributed by atoms with Crippen LogP contribution in [0.25, 0.3) is 0 Å². The molecule has 0 aromatic heterocycles. The largest absolute Gasteiger partial charge is 0.478 e. The quantitative estimate of drug-likeness (QED) is 0.667. The lowest BCUT2D eigenvalue weighted by Crippen LogP contribution is -2.32. The third kappa shape index (κ3) is 1.96. The smallest absolute Gasteiger partial charge is 0.338 e. The minimum Gasteiger partial charge on any atom is -0.478 e. The van der Waals surface area contributed by atoms with Gasteiger partial charge in [0, 0.05) is 0 Å². The maximum Gasteiger partial charge on any atom is 0.338 e. The third-order valence-corrected chi connectivity index (χ3v) is 4.21. The first kappa shape index (κ1) is 13.5. The fraction of sp³-hybridized carbons (Fsp3) is 0.312. The summed E-state index contributed by atoms with van der Waals surface area (Å²) >= 11 is 0. The van der Waals surface area contributed by atoms with Gasteiger partial charge in [0.1, 0.15) is 0 Å². The Kier molecular flexibility index (Phi) is 3.12. The van der Waals surface area contributed by atoms with Crippen LogP contribution in [0.5, 0.6) is 0 Å². The number of carbonyl (C=O) groups is 3. The van der Waals surface area contributed by atoms with Crippen molar-refractivity contribution in [3.05, 3.63) is 41.5 Å². The number of rotatable bonds is 2.